The van der Waals surface area contributed by atoms with Crippen LogP contribution in [0.2, 0.25) is 0 Å². The Morgan fingerprint density at radius 3 is 2.45 bits per heavy atom. The molecule has 2 aromatic carbocycles. The monoisotopic (exact) mass is 266 g/mol. The van der Waals surface area contributed by atoms with Crippen molar-refractivity contribution in [3.8, 4) is 5.75 Å². The summed E-state index contributed by atoms with van der Waals surface area (Å²) in [6, 6.07) is 15.3. The zero-order valence-corrected chi connectivity index (χ0v) is 10.4. The summed E-state index contributed by atoms with van der Waals surface area (Å²) in [5, 5.41) is 0.380. The predicted molar refractivity (Wildman–Crippen MR) is 73.9 cm³/mol. The van der Waals surface area contributed by atoms with E-state index in [0.717, 1.165) is 6.26 Å². The Balaban J connectivity index is 1.98. The second-order valence-corrected chi connectivity index (χ2v) is 4.18. The van der Waals surface area contributed by atoms with Crippen LogP contribution >= 0.6 is 0 Å². The fourth-order valence-corrected chi connectivity index (χ4v) is 1.86. The largest absolute Gasteiger partial charge is 0.460 e. The van der Waals surface area contributed by atoms with Gasteiger partial charge in [-0.2, -0.15) is 0 Å². The van der Waals surface area contributed by atoms with E-state index in [-0.39, 0.29) is 11.2 Å². The van der Waals surface area contributed by atoms with E-state index in [0.29, 0.717) is 16.5 Å². The Bertz CT molecular complexity index is 819. The van der Waals surface area contributed by atoms with Crippen LogP contribution in [-0.4, -0.2) is 5.97 Å². The number of hydrogen-bond acceptors (Lipinski definition) is 4. The molecule has 0 fully saturated rings. The lowest BCUT2D eigenvalue weighted by atomic mass is 10.2. The van der Waals surface area contributed by atoms with Gasteiger partial charge in [0.1, 0.15) is 11.8 Å². The number of esters is 1. The molecule has 0 radical (unpaired) electrons. The van der Waals surface area contributed by atoms with Gasteiger partial charge >= 0.3 is 5.97 Å². The lowest BCUT2D eigenvalue weighted by molar-refractivity contribution is 0.0730. The maximum Gasteiger partial charge on any atom is 0.343 e. The van der Waals surface area contributed by atoms with E-state index in [4.69, 9.17) is 9.15 Å². The van der Waals surface area contributed by atoms with E-state index in [1.54, 1.807) is 54.6 Å². The summed E-state index contributed by atoms with van der Waals surface area (Å²) in [5.41, 5.74) is 0.466. The summed E-state index contributed by atoms with van der Waals surface area (Å²) in [7, 11) is 0. The van der Waals surface area contributed by atoms with Gasteiger partial charge < -0.3 is 9.15 Å². The van der Waals surface area contributed by atoms with Gasteiger partial charge in [0.05, 0.1) is 10.9 Å². The molecule has 0 bridgehead atoms. The molecule has 0 atom stereocenters. The fraction of sp³-hybridized carbons (Fsp3) is 0. The minimum absolute atomic E-state index is 0.113. The Morgan fingerprint density at radius 1 is 0.950 bits per heavy atom. The summed E-state index contributed by atoms with van der Waals surface area (Å²) in [6.45, 7) is 0. The first-order valence-corrected chi connectivity index (χ1v) is 6.03. The van der Waals surface area contributed by atoms with Gasteiger partial charge in [-0.3, -0.25) is 4.79 Å². The number of fused-ring (bicyclic) bond motifs is 1. The van der Waals surface area contributed by atoms with Gasteiger partial charge in [-0.15, -0.1) is 0 Å². The van der Waals surface area contributed by atoms with Gasteiger partial charge in [0.2, 0.25) is 11.2 Å². The smallest absolute Gasteiger partial charge is 0.343 e. The van der Waals surface area contributed by atoms with Gasteiger partial charge in [-0.1, -0.05) is 30.3 Å². The van der Waals surface area contributed by atoms with Crippen LogP contribution < -0.4 is 10.2 Å². The lowest BCUT2D eigenvalue weighted by Gasteiger charge is -2.04. The van der Waals surface area contributed by atoms with E-state index in [1.807, 2.05) is 0 Å². The standard InChI is InChI=1S/C16H10O4/c17-15-12-8-4-5-9-13(12)19-10-14(15)20-16(18)11-6-2-1-3-7-11/h1-10H. The quantitative estimate of drug-likeness (QED) is 0.669. The molecule has 4 nitrogen and oxygen atoms in total. The SMILES string of the molecule is O=C(Oc1coc2ccccc2c1=O)c1ccccc1. The summed E-state index contributed by atoms with van der Waals surface area (Å²) in [4.78, 5) is 24.1. The molecule has 0 aliphatic rings. The molecule has 0 aliphatic heterocycles. The summed E-state index contributed by atoms with van der Waals surface area (Å²) in [5.74, 6) is -0.703. The highest BCUT2D eigenvalue weighted by molar-refractivity contribution is 5.91. The summed E-state index contributed by atoms with van der Waals surface area (Å²) < 4.78 is 10.4. The minimum Gasteiger partial charge on any atom is -0.460 e. The fourth-order valence-electron chi connectivity index (χ4n) is 1.86. The number of benzene rings is 2. The van der Waals surface area contributed by atoms with E-state index >= 15 is 0 Å². The number of rotatable bonds is 2. The molecule has 0 N–H and O–H groups in total. The number of carbonyl (C=O) groups excluding carboxylic acids is 1. The number of carbonyl (C=O) groups is 1. The molecule has 4 heteroatoms. The highest BCUT2D eigenvalue weighted by Gasteiger charge is 2.13. The van der Waals surface area contributed by atoms with Crippen molar-refractivity contribution in [2.75, 3.05) is 0 Å². The van der Waals surface area contributed by atoms with E-state index in [9.17, 15) is 9.59 Å². The van der Waals surface area contributed by atoms with Crippen molar-refractivity contribution in [2.45, 2.75) is 0 Å². The van der Waals surface area contributed by atoms with Gasteiger partial charge in [-0.25, -0.2) is 4.79 Å². The molecule has 0 spiro atoms. The molecule has 0 amide bonds. The topological polar surface area (TPSA) is 56.5 Å². The molecule has 0 saturated heterocycles. The van der Waals surface area contributed by atoms with Crippen LogP contribution in [0.1, 0.15) is 10.4 Å². The van der Waals surface area contributed by atoms with Gasteiger partial charge in [0.25, 0.3) is 0 Å². The number of ether oxygens (including phenoxy) is 1. The minimum atomic E-state index is -0.590. The molecule has 3 rings (SSSR count). The third-order valence-electron chi connectivity index (χ3n) is 2.86. The zero-order chi connectivity index (χ0) is 13.9. The molecule has 20 heavy (non-hydrogen) atoms. The van der Waals surface area contributed by atoms with E-state index in [2.05, 4.69) is 0 Å². The van der Waals surface area contributed by atoms with Crippen LogP contribution in [0, 0.1) is 0 Å². The van der Waals surface area contributed by atoms with Crippen molar-refractivity contribution in [2.24, 2.45) is 0 Å². The maximum absolute atomic E-state index is 12.2. The normalized spacial score (nSPS) is 10.4. The number of hydrogen-bond donors (Lipinski definition) is 0. The van der Waals surface area contributed by atoms with Crippen molar-refractivity contribution < 1.29 is 13.9 Å². The third kappa shape index (κ3) is 2.19. The van der Waals surface area contributed by atoms with Crippen LogP contribution in [0.25, 0.3) is 11.0 Å². The van der Waals surface area contributed by atoms with Crippen LogP contribution in [0.5, 0.6) is 5.75 Å². The second-order valence-electron chi connectivity index (χ2n) is 4.18. The van der Waals surface area contributed by atoms with Crippen molar-refractivity contribution in [3.63, 3.8) is 0 Å². The summed E-state index contributed by atoms with van der Waals surface area (Å²) in [6.07, 6.45) is 1.16. The molecular formula is C16H10O4. The van der Waals surface area contributed by atoms with Gasteiger partial charge in [0, 0.05) is 0 Å². The van der Waals surface area contributed by atoms with Crippen molar-refractivity contribution >= 4 is 16.9 Å². The molecule has 0 saturated carbocycles. The molecule has 1 aromatic heterocycles. The molecular weight excluding hydrogens is 256 g/mol. The van der Waals surface area contributed by atoms with Crippen molar-refractivity contribution in [1.29, 1.82) is 0 Å². The maximum atomic E-state index is 12.2. The first-order chi connectivity index (χ1) is 9.75. The summed E-state index contributed by atoms with van der Waals surface area (Å²) >= 11 is 0. The van der Waals surface area contributed by atoms with Crippen LogP contribution in [0.4, 0.5) is 0 Å². The van der Waals surface area contributed by atoms with E-state index < -0.39 is 5.97 Å². The Labute approximate surface area is 114 Å². The molecule has 1 heterocycles. The Hall–Kier alpha value is -2.88. The molecule has 0 aliphatic carbocycles. The highest BCUT2D eigenvalue weighted by Crippen LogP contribution is 2.15. The van der Waals surface area contributed by atoms with Gasteiger partial charge in [-0.05, 0) is 24.3 Å². The average molecular weight is 266 g/mol. The molecule has 3 aromatic rings. The van der Waals surface area contributed by atoms with Crippen molar-refractivity contribution in [3.05, 3.63) is 76.6 Å². The van der Waals surface area contributed by atoms with Crippen LogP contribution in [-0.2, 0) is 0 Å². The second kappa shape index (κ2) is 5.01. The first kappa shape index (κ1) is 12.2. The zero-order valence-electron chi connectivity index (χ0n) is 10.4. The molecule has 98 valence electrons. The predicted octanol–water partition coefficient (Wildman–Crippen LogP) is 3.01. The highest BCUT2D eigenvalue weighted by atomic mass is 16.5. The Morgan fingerprint density at radius 2 is 1.65 bits per heavy atom. The molecule has 0 unspecified atom stereocenters. The average Bonchev–Trinajstić information content (AvgIpc) is 2.51. The Kier molecular flexibility index (Phi) is 3.05. The first-order valence-electron chi connectivity index (χ1n) is 6.03. The van der Waals surface area contributed by atoms with E-state index in [1.165, 1.54) is 0 Å². The van der Waals surface area contributed by atoms with Gasteiger partial charge in [0.15, 0.2) is 0 Å². The third-order valence-corrected chi connectivity index (χ3v) is 2.86. The number of para-hydroxylation sites is 1. The van der Waals surface area contributed by atoms with Crippen molar-refractivity contribution in [1.82, 2.24) is 0 Å². The lowest BCUT2D eigenvalue weighted by Crippen LogP contribution is -2.14. The van der Waals surface area contributed by atoms with Crippen LogP contribution in [0.15, 0.2) is 70.1 Å². The van der Waals surface area contributed by atoms with Crippen LogP contribution in [0.3, 0.4) is 0 Å².